The first kappa shape index (κ1) is 31.0. The van der Waals surface area contributed by atoms with Crippen molar-refractivity contribution < 1.29 is 19.1 Å². The van der Waals surface area contributed by atoms with Gasteiger partial charge in [0.2, 0.25) is 0 Å². The SMILES string of the molecule is C=O.C=O.CC(C)C.Cc1ccc(NC(=O)c2n[nH]c3ccc(-c4cncc(Oc5ccccc5)c4)cc23)cn1. The summed E-state index contributed by atoms with van der Waals surface area (Å²) in [5, 5.41) is 10.7. The second kappa shape index (κ2) is 15.9. The molecule has 0 aliphatic heterocycles. The Balaban J connectivity index is 0.000000634. The zero-order valence-electron chi connectivity index (χ0n) is 23.0. The number of aromatic amines is 1. The van der Waals surface area contributed by atoms with Gasteiger partial charge in [0.15, 0.2) is 5.69 Å². The molecule has 2 aromatic carbocycles. The van der Waals surface area contributed by atoms with Crippen LogP contribution >= 0.6 is 0 Å². The highest BCUT2D eigenvalue weighted by atomic mass is 16.5. The number of aromatic nitrogens is 4. The molecule has 206 valence electrons. The zero-order valence-corrected chi connectivity index (χ0v) is 23.0. The first-order valence-corrected chi connectivity index (χ1v) is 12.4. The first-order valence-electron chi connectivity index (χ1n) is 12.4. The van der Waals surface area contributed by atoms with E-state index in [1.165, 1.54) is 0 Å². The van der Waals surface area contributed by atoms with Crippen molar-refractivity contribution in [2.45, 2.75) is 27.7 Å². The molecular formula is C31H33N5O4. The smallest absolute Gasteiger partial charge is 0.276 e. The largest absolute Gasteiger partial charge is 0.456 e. The van der Waals surface area contributed by atoms with Gasteiger partial charge in [0, 0.05) is 22.8 Å². The highest BCUT2D eigenvalue weighted by Crippen LogP contribution is 2.29. The maximum absolute atomic E-state index is 12.8. The molecule has 0 unspecified atom stereocenters. The van der Waals surface area contributed by atoms with E-state index in [2.05, 4.69) is 46.3 Å². The van der Waals surface area contributed by atoms with Gasteiger partial charge >= 0.3 is 0 Å². The number of ether oxygens (including phenoxy) is 1. The fourth-order valence-corrected chi connectivity index (χ4v) is 3.36. The summed E-state index contributed by atoms with van der Waals surface area (Å²) < 4.78 is 5.90. The van der Waals surface area contributed by atoms with Crippen molar-refractivity contribution in [3.63, 3.8) is 0 Å². The molecular weight excluding hydrogens is 506 g/mol. The maximum atomic E-state index is 12.8. The molecule has 1 amide bonds. The summed E-state index contributed by atoms with van der Waals surface area (Å²) >= 11 is 0. The van der Waals surface area contributed by atoms with Crippen molar-refractivity contribution in [3.8, 4) is 22.6 Å². The Morgan fingerprint density at radius 1 is 0.850 bits per heavy atom. The van der Waals surface area contributed by atoms with E-state index < -0.39 is 0 Å². The maximum Gasteiger partial charge on any atom is 0.276 e. The number of rotatable bonds is 5. The van der Waals surface area contributed by atoms with Crippen molar-refractivity contribution in [2.75, 3.05) is 5.32 Å². The molecule has 0 bridgehead atoms. The van der Waals surface area contributed by atoms with Crippen LogP contribution in [-0.4, -0.2) is 39.7 Å². The molecule has 0 atom stereocenters. The molecule has 40 heavy (non-hydrogen) atoms. The number of nitrogens with one attached hydrogen (secondary N) is 2. The Bertz CT molecular complexity index is 1480. The number of amides is 1. The van der Waals surface area contributed by atoms with Gasteiger partial charge in [-0.05, 0) is 60.9 Å². The molecule has 5 aromatic rings. The summed E-state index contributed by atoms with van der Waals surface area (Å²) in [4.78, 5) is 37.3. The van der Waals surface area contributed by atoms with Crippen LogP contribution < -0.4 is 10.1 Å². The quantitative estimate of drug-likeness (QED) is 0.255. The third-order valence-corrected chi connectivity index (χ3v) is 4.97. The summed E-state index contributed by atoms with van der Waals surface area (Å²) in [5.74, 6) is 1.89. The Hall–Kier alpha value is -5.18. The Labute approximate surface area is 233 Å². The molecule has 5 rings (SSSR count). The topological polar surface area (TPSA) is 127 Å². The molecule has 0 saturated carbocycles. The van der Waals surface area contributed by atoms with Gasteiger partial charge in [-0.2, -0.15) is 5.10 Å². The molecule has 0 aliphatic rings. The van der Waals surface area contributed by atoms with Crippen LogP contribution in [0.15, 0.2) is 85.3 Å². The van der Waals surface area contributed by atoms with Crippen molar-refractivity contribution in [3.05, 3.63) is 96.7 Å². The van der Waals surface area contributed by atoms with Gasteiger partial charge in [0.1, 0.15) is 25.1 Å². The number of nitrogens with zero attached hydrogens (tertiary/aromatic N) is 3. The van der Waals surface area contributed by atoms with Gasteiger partial charge in [-0.1, -0.05) is 45.0 Å². The molecule has 2 N–H and O–H groups in total. The van der Waals surface area contributed by atoms with Crippen LogP contribution in [0.5, 0.6) is 11.5 Å². The summed E-state index contributed by atoms with van der Waals surface area (Å²) in [6.45, 7) is 12.4. The minimum Gasteiger partial charge on any atom is -0.456 e. The minimum atomic E-state index is -0.307. The molecule has 3 aromatic heterocycles. The zero-order chi connectivity index (χ0) is 29.5. The molecule has 0 saturated heterocycles. The van der Waals surface area contributed by atoms with Crippen molar-refractivity contribution in [2.24, 2.45) is 5.92 Å². The second-order valence-corrected chi connectivity index (χ2v) is 9.03. The van der Waals surface area contributed by atoms with Gasteiger partial charge < -0.3 is 19.6 Å². The lowest BCUT2D eigenvalue weighted by atomic mass is 10.0. The van der Waals surface area contributed by atoms with E-state index in [0.717, 1.165) is 39.4 Å². The number of benzene rings is 2. The third kappa shape index (κ3) is 8.98. The van der Waals surface area contributed by atoms with Crippen LogP contribution in [-0.2, 0) is 9.59 Å². The van der Waals surface area contributed by atoms with Crippen LogP contribution in [0.3, 0.4) is 0 Å². The summed E-state index contributed by atoms with van der Waals surface area (Å²) in [6.07, 6.45) is 5.05. The lowest BCUT2D eigenvalue weighted by molar-refractivity contribution is -0.0987. The second-order valence-electron chi connectivity index (χ2n) is 9.03. The third-order valence-electron chi connectivity index (χ3n) is 4.97. The van der Waals surface area contributed by atoms with Crippen LogP contribution in [0.2, 0.25) is 0 Å². The highest BCUT2D eigenvalue weighted by molar-refractivity contribution is 6.11. The van der Waals surface area contributed by atoms with E-state index in [1.807, 2.05) is 87.2 Å². The first-order chi connectivity index (χ1) is 19.4. The van der Waals surface area contributed by atoms with E-state index in [4.69, 9.17) is 14.3 Å². The number of pyridine rings is 2. The standard InChI is InChI=1S/C25H19N5O2.C4H10.2CH2O/c1-16-7-9-19(14-27-16)28-25(31)24-22-12-17(8-10-23(22)29-30-24)18-11-21(15-26-13-18)32-20-5-3-2-4-6-20;1-4(2)3;2*1-2/h2-15H,1H3,(H,28,31)(H,29,30);4H,1-3H3;2*1H2. The number of aryl methyl sites for hydroxylation is 1. The van der Waals surface area contributed by atoms with Crippen LogP contribution in [0, 0.1) is 12.8 Å². The molecule has 0 aliphatic carbocycles. The number of carbonyl (C=O) groups is 3. The van der Waals surface area contributed by atoms with Crippen molar-refractivity contribution >= 4 is 36.1 Å². The number of para-hydroxylation sites is 1. The summed E-state index contributed by atoms with van der Waals surface area (Å²) in [7, 11) is 0. The normalized spacial score (nSPS) is 9.72. The molecule has 0 radical (unpaired) electrons. The number of H-pyrrole nitrogens is 1. The molecule has 9 nitrogen and oxygen atoms in total. The predicted octanol–water partition coefficient (Wildman–Crippen LogP) is 6.67. The minimum absolute atomic E-state index is 0.307. The lowest BCUT2D eigenvalue weighted by Gasteiger charge is -2.08. The fraction of sp³-hybridized carbons (Fsp3) is 0.161. The monoisotopic (exact) mass is 539 g/mol. The van der Waals surface area contributed by atoms with Gasteiger partial charge in [-0.3, -0.25) is 19.9 Å². The highest BCUT2D eigenvalue weighted by Gasteiger charge is 2.16. The Morgan fingerprint density at radius 2 is 1.55 bits per heavy atom. The molecule has 0 spiro atoms. The number of carbonyl (C=O) groups excluding carboxylic acids is 3. The molecule has 3 heterocycles. The number of hydrogen-bond acceptors (Lipinski definition) is 7. The van der Waals surface area contributed by atoms with E-state index in [9.17, 15) is 4.79 Å². The van der Waals surface area contributed by atoms with E-state index in [1.54, 1.807) is 18.6 Å². The van der Waals surface area contributed by atoms with Crippen LogP contribution in [0.25, 0.3) is 22.0 Å². The van der Waals surface area contributed by atoms with Crippen LogP contribution in [0.4, 0.5) is 5.69 Å². The fourth-order valence-electron chi connectivity index (χ4n) is 3.36. The van der Waals surface area contributed by atoms with Crippen molar-refractivity contribution in [1.82, 2.24) is 20.2 Å². The van der Waals surface area contributed by atoms with Crippen LogP contribution in [0.1, 0.15) is 37.0 Å². The number of anilines is 1. The predicted molar refractivity (Wildman–Crippen MR) is 158 cm³/mol. The Kier molecular flexibility index (Phi) is 12.4. The van der Waals surface area contributed by atoms with Gasteiger partial charge in [0.25, 0.3) is 5.91 Å². The van der Waals surface area contributed by atoms with E-state index in [0.29, 0.717) is 17.1 Å². The van der Waals surface area contributed by atoms with E-state index in [-0.39, 0.29) is 5.91 Å². The number of hydrogen-bond donors (Lipinski definition) is 2. The van der Waals surface area contributed by atoms with Gasteiger partial charge in [-0.15, -0.1) is 0 Å². The lowest BCUT2D eigenvalue weighted by Crippen LogP contribution is -2.13. The molecule has 0 fully saturated rings. The average Bonchev–Trinajstić information content (AvgIpc) is 3.40. The summed E-state index contributed by atoms with van der Waals surface area (Å²) in [5.41, 5.74) is 4.34. The van der Waals surface area contributed by atoms with Crippen molar-refractivity contribution in [1.29, 1.82) is 0 Å². The number of fused-ring (bicyclic) bond motifs is 1. The van der Waals surface area contributed by atoms with Gasteiger partial charge in [-0.25, -0.2) is 0 Å². The Morgan fingerprint density at radius 3 is 2.20 bits per heavy atom. The average molecular weight is 540 g/mol. The van der Waals surface area contributed by atoms with E-state index >= 15 is 0 Å². The summed E-state index contributed by atoms with van der Waals surface area (Å²) in [6, 6.07) is 20.9. The molecule has 9 heteroatoms. The van der Waals surface area contributed by atoms with Gasteiger partial charge in [0.05, 0.1) is 23.6 Å².